The lowest BCUT2D eigenvalue weighted by molar-refractivity contribution is 0.0560. The highest BCUT2D eigenvalue weighted by atomic mass is 16.5. The third-order valence-corrected chi connectivity index (χ3v) is 1.97. The number of terminal acetylenes is 1. The van der Waals surface area contributed by atoms with Crippen LogP contribution >= 0.6 is 0 Å². The topological polar surface area (TPSA) is 27.7 Å². The van der Waals surface area contributed by atoms with Crippen LogP contribution in [0.4, 0.5) is 0 Å². The molecular weight excluding hydrogens is 180 g/mol. The highest BCUT2D eigenvalue weighted by molar-refractivity contribution is 5.07. The summed E-state index contributed by atoms with van der Waals surface area (Å²) in [4.78, 5) is 0. The van der Waals surface area contributed by atoms with Crippen molar-refractivity contribution in [2.24, 2.45) is 0 Å². The minimum Gasteiger partial charge on any atom is -0.380 e. The van der Waals surface area contributed by atoms with Crippen LogP contribution in [0.25, 0.3) is 0 Å². The third-order valence-electron chi connectivity index (χ3n) is 1.97. The molecule has 0 aromatic carbocycles. The van der Waals surface area contributed by atoms with E-state index in [9.17, 15) is 0 Å². The van der Waals surface area contributed by atoms with Gasteiger partial charge in [0, 0.05) is 27.8 Å². The molecule has 0 heterocycles. The molecule has 0 aliphatic heterocycles. The molecule has 0 aliphatic rings. The van der Waals surface area contributed by atoms with E-state index in [4.69, 9.17) is 20.6 Å². The molecule has 0 N–H and O–H groups in total. The van der Waals surface area contributed by atoms with E-state index in [-0.39, 0.29) is 12.2 Å². The standard InChI is InChI=1S/C11H18O3/c1-6-10(13-4)7-11(14-5)9(2)8-12-3/h1,10-11H,2,7-8H2,3-5H3/t10?,11-/m0/s1. The van der Waals surface area contributed by atoms with Gasteiger partial charge in [-0.05, 0) is 5.57 Å². The van der Waals surface area contributed by atoms with Gasteiger partial charge < -0.3 is 14.2 Å². The van der Waals surface area contributed by atoms with Crippen molar-refractivity contribution in [1.29, 1.82) is 0 Å². The summed E-state index contributed by atoms with van der Waals surface area (Å²) in [5, 5.41) is 0. The van der Waals surface area contributed by atoms with Crippen LogP contribution in [0.3, 0.4) is 0 Å². The second-order valence-corrected chi connectivity index (χ2v) is 2.94. The van der Waals surface area contributed by atoms with Crippen molar-refractivity contribution in [3.05, 3.63) is 12.2 Å². The van der Waals surface area contributed by atoms with Gasteiger partial charge in [-0.15, -0.1) is 6.42 Å². The van der Waals surface area contributed by atoms with E-state index in [1.54, 1.807) is 21.3 Å². The Labute approximate surface area is 86.0 Å². The molecule has 0 radical (unpaired) electrons. The number of ether oxygens (including phenoxy) is 3. The first-order chi connectivity index (χ1) is 6.69. The fraction of sp³-hybridized carbons (Fsp3) is 0.636. The van der Waals surface area contributed by atoms with E-state index in [0.29, 0.717) is 13.0 Å². The third kappa shape index (κ3) is 4.43. The Bertz CT molecular complexity index is 205. The van der Waals surface area contributed by atoms with Crippen LogP contribution in [0, 0.1) is 12.3 Å². The predicted molar refractivity (Wildman–Crippen MR) is 56.1 cm³/mol. The lowest BCUT2D eigenvalue weighted by atomic mass is 10.1. The lowest BCUT2D eigenvalue weighted by Gasteiger charge is -2.20. The molecule has 0 saturated heterocycles. The first-order valence-electron chi connectivity index (χ1n) is 4.37. The van der Waals surface area contributed by atoms with Crippen LogP contribution in [0.15, 0.2) is 12.2 Å². The zero-order chi connectivity index (χ0) is 11.0. The Morgan fingerprint density at radius 1 is 1.36 bits per heavy atom. The van der Waals surface area contributed by atoms with Crippen LogP contribution in [-0.2, 0) is 14.2 Å². The fourth-order valence-corrected chi connectivity index (χ4v) is 1.13. The Morgan fingerprint density at radius 2 is 2.00 bits per heavy atom. The number of hydrogen-bond donors (Lipinski definition) is 0. The average Bonchev–Trinajstić information content (AvgIpc) is 2.20. The highest BCUT2D eigenvalue weighted by Crippen LogP contribution is 2.12. The van der Waals surface area contributed by atoms with Crippen LogP contribution < -0.4 is 0 Å². The smallest absolute Gasteiger partial charge is 0.120 e. The van der Waals surface area contributed by atoms with E-state index in [1.807, 2.05) is 0 Å². The van der Waals surface area contributed by atoms with Crippen molar-refractivity contribution < 1.29 is 14.2 Å². The zero-order valence-corrected chi connectivity index (χ0v) is 9.08. The minimum atomic E-state index is -0.242. The summed E-state index contributed by atoms with van der Waals surface area (Å²) in [6.45, 7) is 4.33. The van der Waals surface area contributed by atoms with E-state index in [1.165, 1.54) is 0 Å². The second-order valence-electron chi connectivity index (χ2n) is 2.94. The molecular formula is C11H18O3. The Kier molecular flexibility index (Phi) is 7.13. The van der Waals surface area contributed by atoms with Gasteiger partial charge in [0.05, 0.1) is 12.7 Å². The van der Waals surface area contributed by atoms with Crippen molar-refractivity contribution >= 4 is 0 Å². The van der Waals surface area contributed by atoms with Gasteiger partial charge in [0.15, 0.2) is 0 Å². The van der Waals surface area contributed by atoms with Crippen LogP contribution in [0.5, 0.6) is 0 Å². The summed E-state index contributed by atoms with van der Waals surface area (Å²) in [6.07, 6.45) is 5.51. The minimum absolute atomic E-state index is 0.115. The van der Waals surface area contributed by atoms with Gasteiger partial charge in [-0.25, -0.2) is 0 Å². The molecule has 0 amide bonds. The maximum atomic E-state index is 5.27. The van der Waals surface area contributed by atoms with Gasteiger partial charge in [-0.3, -0.25) is 0 Å². The van der Waals surface area contributed by atoms with Crippen molar-refractivity contribution in [2.75, 3.05) is 27.9 Å². The number of rotatable bonds is 7. The van der Waals surface area contributed by atoms with Gasteiger partial charge >= 0.3 is 0 Å². The number of hydrogen-bond acceptors (Lipinski definition) is 3. The molecule has 0 spiro atoms. The van der Waals surface area contributed by atoms with Crippen molar-refractivity contribution in [3.63, 3.8) is 0 Å². The summed E-state index contributed by atoms with van der Waals surface area (Å²) >= 11 is 0. The predicted octanol–water partition coefficient (Wildman–Crippen LogP) is 1.24. The van der Waals surface area contributed by atoms with Crippen LogP contribution in [0.2, 0.25) is 0 Å². The normalized spacial score (nSPS) is 14.4. The average molecular weight is 198 g/mol. The summed E-state index contributed by atoms with van der Waals surface area (Å²) in [6, 6.07) is 0. The molecule has 0 aliphatic carbocycles. The Hall–Kier alpha value is -0.820. The second kappa shape index (κ2) is 7.57. The quantitative estimate of drug-likeness (QED) is 0.455. The number of methoxy groups -OCH3 is 3. The Balaban J connectivity index is 4.14. The van der Waals surface area contributed by atoms with Gasteiger partial charge in [0.25, 0.3) is 0 Å². The summed E-state index contributed by atoms with van der Waals surface area (Å²) < 4.78 is 15.3. The molecule has 0 rings (SSSR count). The molecule has 1 unspecified atom stereocenters. The van der Waals surface area contributed by atoms with Gasteiger partial charge in [-0.2, -0.15) is 0 Å². The molecule has 3 heteroatoms. The van der Waals surface area contributed by atoms with Crippen LogP contribution in [-0.4, -0.2) is 40.1 Å². The maximum Gasteiger partial charge on any atom is 0.120 e. The van der Waals surface area contributed by atoms with Crippen LogP contribution in [0.1, 0.15) is 6.42 Å². The summed E-state index contributed by atoms with van der Waals surface area (Å²) in [5.41, 5.74) is 0.868. The molecule has 0 fully saturated rings. The van der Waals surface area contributed by atoms with Crippen molar-refractivity contribution in [2.45, 2.75) is 18.6 Å². The molecule has 0 saturated carbocycles. The molecule has 0 aromatic rings. The molecule has 0 bridgehead atoms. The maximum absolute atomic E-state index is 5.27. The zero-order valence-electron chi connectivity index (χ0n) is 9.08. The van der Waals surface area contributed by atoms with Gasteiger partial charge in [0.1, 0.15) is 6.10 Å². The summed E-state index contributed by atoms with van der Waals surface area (Å²) in [5.74, 6) is 2.53. The highest BCUT2D eigenvalue weighted by Gasteiger charge is 2.16. The molecule has 3 nitrogen and oxygen atoms in total. The fourth-order valence-electron chi connectivity index (χ4n) is 1.13. The summed E-state index contributed by atoms with van der Waals surface area (Å²) in [7, 11) is 4.82. The first kappa shape index (κ1) is 13.2. The Morgan fingerprint density at radius 3 is 2.36 bits per heavy atom. The van der Waals surface area contributed by atoms with Crippen molar-refractivity contribution in [3.8, 4) is 12.3 Å². The van der Waals surface area contributed by atoms with Crippen molar-refractivity contribution in [1.82, 2.24) is 0 Å². The monoisotopic (exact) mass is 198 g/mol. The van der Waals surface area contributed by atoms with E-state index >= 15 is 0 Å². The van der Waals surface area contributed by atoms with E-state index < -0.39 is 0 Å². The molecule has 2 atom stereocenters. The SMILES string of the molecule is C#CC(C[C@H](OC)C(=C)COC)OC. The van der Waals surface area contributed by atoms with E-state index in [0.717, 1.165) is 5.57 Å². The molecule has 80 valence electrons. The van der Waals surface area contributed by atoms with Gasteiger partial charge in [0.2, 0.25) is 0 Å². The largest absolute Gasteiger partial charge is 0.380 e. The van der Waals surface area contributed by atoms with Gasteiger partial charge in [-0.1, -0.05) is 12.5 Å². The first-order valence-corrected chi connectivity index (χ1v) is 4.37. The molecule has 14 heavy (non-hydrogen) atoms. The van der Waals surface area contributed by atoms with E-state index in [2.05, 4.69) is 12.5 Å². The molecule has 0 aromatic heterocycles. The lowest BCUT2D eigenvalue weighted by Crippen LogP contribution is -2.23.